The van der Waals surface area contributed by atoms with E-state index in [1.807, 2.05) is 23.9 Å². The van der Waals surface area contributed by atoms with Crippen LogP contribution in [0.5, 0.6) is 0 Å². The number of amides is 1. The van der Waals surface area contributed by atoms with E-state index in [-0.39, 0.29) is 35.8 Å². The van der Waals surface area contributed by atoms with E-state index in [2.05, 4.69) is 29.6 Å². The Labute approximate surface area is 126 Å². The molecular formula is C14H25ClN4O. The predicted molar refractivity (Wildman–Crippen MR) is 81.9 cm³/mol. The lowest BCUT2D eigenvalue weighted by Gasteiger charge is -2.38. The Balaban J connectivity index is 0.00000200. The first kappa shape index (κ1) is 17.0. The summed E-state index contributed by atoms with van der Waals surface area (Å²) in [7, 11) is 0. The van der Waals surface area contributed by atoms with Crippen LogP contribution in [0.2, 0.25) is 0 Å². The second-order valence-corrected chi connectivity index (χ2v) is 6.12. The van der Waals surface area contributed by atoms with Gasteiger partial charge in [0.1, 0.15) is 0 Å². The number of aromatic nitrogens is 2. The molecule has 2 rings (SSSR count). The summed E-state index contributed by atoms with van der Waals surface area (Å²) in [5, 5.41) is 10.6. The third-order valence-electron chi connectivity index (χ3n) is 3.80. The van der Waals surface area contributed by atoms with E-state index in [9.17, 15) is 4.79 Å². The normalized spacial score (nSPS) is 22.6. The topological polar surface area (TPSA) is 59.0 Å². The van der Waals surface area contributed by atoms with Crippen LogP contribution in [0.4, 0.5) is 0 Å². The average Bonchev–Trinajstić information content (AvgIpc) is 2.80. The molecule has 2 atom stereocenters. The van der Waals surface area contributed by atoms with Gasteiger partial charge in [0.25, 0.3) is 0 Å². The number of nitrogens with one attached hydrogen (secondary N) is 2. The minimum atomic E-state index is -0.0960. The Morgan fingerprint density at radius 1 is 1.60 bits per heavy atom. The van der Waals surface area contributed by atoms with Crippen molar-refractivity contribution in [3.63, 3.8) is 0 Å². The number of hydrogen-bond acceptors (Lipinski definition) is 3. The van der Waals surface area contributed by atoms with E-state index in [4.69, 9.17) is 0 Å². The molecule has 1 saturated heterocycles. The van der Waals surface area contributed by atoms with Gasteiger partial charge in [0, 0.05) is 18.4 Å². The molecule has 1 aliphatic rings. The van der Waals surface area contributed by atoms with Gasteiger partial charge in [-0.15, -0.1) is 12.4 Å². The minimum absolute atomic E-state index is 0. The van der Waals surface area contributed by atoms with Crippen LogP contribution in [0.25, 0.3) is 0 Å². The maximum absolute atomic E-state index is 12.3. The van der Waals surface area contributed by atoms with Crippen molar-refractivity contribution in [3.8, 4) is 0 Å². The Morgan fingerprint density at radius 2 is 2.35 bits per heavy atom. The molecule has 1 fully saturated rings. The summed E-state index contributed by atoms with van der Waals surface area (Å²) in [5.41, 5.74) is 0.0216. The standard InChI is InChI=1S/C14H24N4O.ClH/c1-11(10-18-9-5-8-16-18)17-13(19)12-14(2,3)6-4-7-15-12;/h5,8-9,11-12,15H,4,6-7,10H2,1-3H3,(H,17,19);1H. The highest BCUT2D eigenvalue weighted by Gasteiger charge is 2.37. The van der Waals surface area contributed by atoms with Crippen LogP contribution in [0.15, 0.2) is 18.5 Å². The fraction of sp³-hybridized carbons (Fsp3) is 0.714. The van der Waals surface area contributed by atoms with Crippen LogP contribution in [0.3, 0.4) is 0 Å². The van der Waals surface area contributed by atoms with Crippen molar-refractivity contribution in [2.45, 2.75) is 52.2 Å². The first-order valence-corrected chi connectivity index (χ1v) is 7.00. The van der Waals surface area contributed by atoms with E-state index in [1.54, 1.807) is 6.20 Å². The summed E-state index contributed by atoms with van der Waals surface area (Å²) in [6.07, 6.45) is 5.89. The zero-order valence-electron chi connectivity index (χ0n) is 12.4. The summed E-state index contributed by atoms with van der Waals surface area (Å²) in [4.78, 5) is 12.3. The highest BCUT2D eigenvalue weighted by molar-refractivity contribution is 5.85. The molecule has 5 nitrogen and oxygen atoms in total. The molecule has 114 valence electrons. The summed E-state index contributed by atoms with van der Waals surface area (Å²) in [5.74, 6) is 0.101. The van der Waals surface area contributed by atoms with E-state index < -0.39 is 0 Å². The monoisotopic (exact) mass is 300 g/mol. The maximum atomic E-state index is 12.3. The Kier molecular flexibility index (Phi) is 6.02. The quantitative estimate of drug-likeness (QED) is 0.888. The van der Waals surface area contributed by atoms with Crippen LogP contribution in [-0.2, 0) is 11.3 Å². The molecule has 0 radical (unpaired) electrons. The maximum Gasteiger partial charge on any atom is 0.237 e. The molecule has 0 aliphatic carbocycles. The third kappa shape index (κ3) is 4.21. The summed E-state index contributed by atoms with van der Waals surface area (Å²) in [6, 6.07) is 1.87. The van der Waals surface area contributed by atoms with Crippen molar-refractivity contribution in [2.75, 3.05) is 6.54 Å². The van der Waals surface area contributed by atoms with E-state index in [0.29, 0.717) is 6.54 Å². The summed E-state index contributed by atoms with van der Waals surface area (Å²) in [6.45, 7) is 7.94. The van der Waals surface area contributed by atoms with Gasteiger partial charge in [-0.3, -0.25) is 9.48 Å². The summed E-state index contributed by atoms with van der Waals surface area (Å²) >= 11 is 0. The van der Waals surface area contributed by atoms with Gasteiger partial charge in [-0.2, -0.15) is 5.10 Å². The highest BCUT2D eigenvalue weighted by Crippen LogP contribution is 2.30. The average molecular weight is 301 g/mol. The lowest BCUT2D eigenvalue weighted by Crippen LogP contribution is -2.57. The first-order chi connectivity index (χ1) is 8.99. The molecule has 2 N–H and O–H groups in total. The molecule has 0 bridgehead atoms. The SMILES string of the molecule is CC(Cn1cccn1)NC(=O)C1NCCCC1(C)C.Cl. The number of carbonyl (C=O) groups excluding carboxylic acids is 1. The highest BCUT2D eigenvalue weighted by atomic mass is 35.5. The minimum Gasteiger partial charge on any atom is -0.350 e. The zero-order chi connectivity index (χ0) is 13.9. The molecule has 20 heavy (non-hydrogen) atoms. The first-order valence-electron chi connectivity index (χ1n) is 7.00. The van der Waals surface area contributed by atoms with Crippen molar-refractivity contribution in [3.05, 3.63) is 18.5 Å². The van der Waals surface area contributed by atoms with Crippen molar-refractivity contribution < 1.29 is 4.79 Å². The second kappa shape index (κ2) is 7.09. The lowest BCUT2D eigenvalue weighted by molar-refractivity contribution is -0.127. The van der Waals surface area contributed by atoms with Crippen molar-refractivity contribution in [1.29, 1.82) is 0 Å². The molecule has 2 heterocycles. The smallest absolute Gasteiger partial charge is 0.237 e. The zero-order valence-corrected chi connectivity index (χ0v) is 13.2. The van der Waals surface area contributed by atoms with Crippen molar-refractivity contribution in [2.24, 2.45) is 5.41 Å². The molecule has 0 spiro atoms. The molecule has 0 aromatic carbocycles. The molecule has 1 amide bonds. The second-order valence-electron chi connectivity index (χ2n) is 6.12. The Hall–Kier alpha value is -1.07. The van der Waals surface area contributed by atoms with E-state index >= 15 is 0 Å². The Morgan fingerprint density at radius 3 is 2.95 bits per heavy atom. The number of hydrogen-bond donors (Lipinski definition) is 2. The number of piperidine rings is 1. The third-order valence-corrected chi connectivity index (χ3v) is 3.80. The van der Waals surface area contributed by atoms with Gasteiger partial charge in [0.15, 0.2) is 0 Å². The molecule has 6 heteroatoms. The van der Waals surface area contributed by atoms with Crippen LogP contribution in [0.1, 0.15) is 33.6 Å². The van der Waals surface area contributed by atoms with Gasteiger partial charge in [0.2, 0.25) is 5.91 Å². The molecule has 2 unspecified atom stereocenters. The van der Waals surface area contributed by atoms with E-state index in [0.717, 1.165) is 19.4 Å². The predicted octanol–water partition coefficient (Wildman–Crippen LogP) is 1.59. The molecule has 0 saturated carbocycles. The van der Waals surface area contributed by atoms with Gasteiger partial charge in [-0.25, -0.2) is 0 Å². The fourth-order valence-corrected chi connectivity index (χ4v) is 2.72. The van der Waals surface area contributed by atoms with Crippen LogP contribution in [0, 0.1) is 5.41 Å². The Bertz CT molecular complexity index is 419. The number of rotatable bonds is 4. The molecule has 1 aromatic rings. The molecule has 1 aromatic heterocycles. The number of carbonyl (C=O) groups is 1. The van der Waals surface area contributed by atoms with Crippen LogP contribution >= 0.6 is 12.4 Å². The number of nitrogens with zero attached hydrogens (tertiary/aromatic N) is 2. The van der Waals surface area contributed by atoms with Gasteiger partial charge >= 0.3 is 0 Å². The molecule has 1 aliphatic heterocycles. The van der Waals surface area contributed by atoms with Gasteiger partial charge < -0.3 is 10.6 Å². The van der Waals surface area contributed by atoms with Crippen LogP contribution in [-0.4, -0.2) is 34.3 Å². The van der Waals surface area contributed by atoms with Gasteiger partial charge in [0.05, 0.1) is 12.6 Å². The van der Waals surface area contributed by atoms with Gasteiger partial charge in [-0.1, -0.05) is 13.8 Å². The number of halogens is 1. The van der Waals surface area contributed by atoms with Crippen molar-refractivity contribution in [1.82, 2.24) is 20.4 Å². The summed E-state index contributed by atoms with van der Waals surface area (Å²) < 4.78 is 1.84. The lowest BCUT2D eigenvalue weighted by atomic mass is 9.77. The van der Waals surface area contributed by atoms with Gasteiger partial charge in [-0.05, 0) is 37.8 Å². The molecular weight excluding hydrogens is 276 g/mol. The van der Waals surface area contributed by atoms with Crippen LogP contribution < -0.4 is 10.6 Å². The van der Waals surface area contributed by atoms with Crippen molar-refractivity contribution >= 4 is 18.3 Å². The fourth-order valence-electron chi connectivity index (χ4n) is 2.72. The van der Waals surface area contributed by atoms with E-state index in [1.165, 1.54) is 0 Å². The largest absolute Gasteiger partial charge is 0.350 e.